The van der Waals surface area contributed by atoms with Crippen molar-refractivity contribution in [1.29, 1.82) is 0 Å². The molecule has 0 aromatic heterocycles. The Kier molecular flexibility index (Phi) is 5.07. The van der Waals surface area contributed by atoms with Gasteiger partial charge in [-0.05, 0) is 84.6 Å². The van der Waals surface area contributed by atoms with E-state index in [1.807, 2.05) is 26.0 Å². The molecule has 1 aromatic rings. The third-order valence-electron chi connectivity index (χ3n) is 5.94. The van der Waals surface area contributed by atoms with Gasteiger partial charge in [0.1, 0.15) is 5.75 Å². The summed E-state index contributed by atoms with van der Waals surface area (Å²) in [5, 5.41) is 9.64. The first kappa shape index (κ1) is 17.2. The van der Waals surface area contributed by atoms with Crippen molar-refractivity contribution < 1.29 is 13.9 Å². The van der Waals surface area contributed by atoms with Crippen LogP contribution in [-0.2, 0) is 0 Å². The van der Waals surface area contributed by atoms with Gasteiger partial charge in [-0.2, -0.15) is 8.78 Å². The van der Waals surface area contributed by atoms with Crippen LogP contribution < -0.4 is 0 Å². The summed E-state index contributed by atoms with van der Waals surface area (Å²) in [5.74, 6) is 2.21. The summed E-state index contributed by atoms with van der Waals surface area (Å²) in [5.41, 5.74) is 2.83. The Morgan fingerprint density at radius 3 is 2.67 bits per heavy atom. The molecule has 0 aliphatic heterocycles. The third kappa shape index (κ3) is 3.01. The fourth-order valence-electron chi connectivity index (χ4n) is 4.92. The monoisotopic (exact) mass is 332 g/mol. The smallest absolute Gasteiger partial charge is 0.269 e. The maximum Gasteiger partial charge on any atom is 0.269 e. The van der Waals surface area contributed by atoms with E-state index in [4.69, 9.17) is 0 Å². The van der Waals surface area contributed by atoms with Gasteiger partial charge < -0.3 is 5.11 Å². The van der Waals surface area contributed by atoms with Gasteiger partial charge in [-0.25, -0.2) is 0 Å². The van der Waals surface area contributed by atoms with E-state index in [0.717, 1.165) is 24.8 Å². The largest absolute Gasteiger partial charge is 0.508 e. The Balaban J connectivity index is 0.000000815. The van der Waals surface area contributed by atoms with Crippen molar-refractivity contribution in [3.8, 4) is 5.75 Å². The van der Waals surface area contributed by atoms with E-state index in [1.165, 1.54) is 5.56 Å². The second kappa shape index (κ2) is 7.08. The van der Waals surface area contributed by atoms with E-state index in [1.54, 1.807) is 6.07 Å². The SMILES string of the molecule is CC.Oc1ccc2c(c1)C=CC1C2CCC2CC(=C(F)F)CCC21. The maximum atomic E-state index is 12.9. The van der Waals surface area contributed by atoms with Crippen molar-refractivity contribution in [2.24, 2.45) is 17.8 Å². The summed E-state index contributed by atoms with van der Waals surface area (Å²) in [6.07, 6.45) is 7.07. The summed E-state index contributed by atoms with van der Waals surface area (Å²) in [6, 6.07) is 5.64. The molecule has 2 fully saturated rings. The summed E-state index contributed by atoms with van der Waals surface area (Å²) in [4.78, 5) is 0. The van der Waals surface area contributed by atoms with Gasteiger partial charge in [0.2, 0.25) is 0 Å². The Morgan fingerprint density at radius 2 is 1.92 bits per heavy atom. The number of halogens is 2. The number of rotatable bonds is 0. The molecule has 1 nitrogen and oxygen atoms in total. The second-order valence-electron chi connectivity index (χ2n) is 6.96. The van der Waals surface area contributed by atoms with Crippen molar-refractivity contribution in [2.75, 3.05) is 0 Å². The van der Waals surface area contributed by atoms with Crippen LogP contribution in [0.2, 0.25) is 0 Å². The summed E-state index contributed by atoms with van der Waals surface area (Å²) in [7, 11) is 0. The molecule has 2 saturated carbocycles. The fourth-order valence-corrected chi connectivity index (χ4v) is 4.92. The van der Waals surface area contributed by atoms with Crippen LogP contribution in [-0.4, -0.2) is 5.11 Å². The number of phenols is 1. The number of aromatic hydroxyl groups is 1. The molecule has 1 N–H and O–H groups in total. The van der Waals surface area contributed by atoms with Gasteiger partial charge in [-0.1, -0.05) is 32.1 Å². The van der Waals surface area contributed by atoms with Crippen molar-refractivity contribution >= 4 is 6.08 Å². The van der Waals surface area contributed by atoms with E-state index < -0.39 is 6.08 Å². The molecule has 3 aliphatic rings. The van der Waals surface area contributed by atoms with Crippen LogP contribution >= 0.6 is 0 Å². The molecule has 0 spiro atoms. The van der Waals surface area contributed by atoms with E-state index in [0.29, 0.717) is 47.8 Å². The lowest BCUT2D eigenvalue weighted by molar-refractivity contribution is 0.127. The van der Waals surface area contributed by atoms with E-state index >= 15 is 0 Å². The zero-order valence-electron chi connectivity index (χ0n) is 14.4. The lowest BCUT2D eigenvalue weighted by Crippen LogP contribution is -2.36. The minimum absolute atomic E-state index is 0.307. The van der Waals surface area contributed by atoms with Crippen LogP contribution in [0, 0.1) is 17.8 Å². The van der Waals surface area contributed by atoms with Crippen molar-refractivity contribution in [3.05, 3.63) is 47.1 Å². The van der Waals surface area contributed by atoms with E-state index in [9.17, 15) is 13.9 Å². The zero-order chi connectivity index (χ0) is 17.3. The lowest BCUT2D eigenvalue weighted by Gasteiger charge is -2.46. The van der Waals surface area contributed by atoms with Crippen molar-refractivity contribution in [2.45, 2.75) is 51.9 Å². The molecule has 24 heavy (non-hydrogen) atoms. The Hall–Kier alpha value is -1.64. The Morgan fingerprint density at radius 1 is 1.12 bits per heavy atom. The third-order valence-corrected chi connectivity index (χ3v) is 5.94. The Bertz CT molecular complexity index is 658. The quantitative estimate of drug-likeness (QED) is 0.574. The van der Waals surface area contributed by atoms with E-state index in [2.05, 4.69) is 12.2 Å². The predicted molar refractivity (Wildman–Crippen MR) is 94.0 cm³/mol. The number of allylic oxidation sites excluding steroid dienone is 2. The van der Waals surface area contributed by atoms with Crippen LogP contribution in [0.15, 0.2) is 35.9 Å². The minimum atomic E-state index is -1.44. The zero-order valence-corrected chi connectivity index (χ0v) is 14.4. The highest BCUT2D eigenvalue weighted by atomic mass is 19.3. The predicted octanol–water partition coefficient (Wildman–Crippen LogP) is 6.51. The van der Waals surface area contributed by atoms with E-state index in [-0.39, 0.29) is 0 Å². The average molecular weight is 332 g/mol. The molecule has 0 amide bonds. The highest BCUT2D eigenvalue weighted by molar-refractivity contribution is 5.60. The molecule has 3 aliphatic carbocycles. The summed E-state index contributed by atoms with van der Waals surface area (Å²) >= 11 is 0. The first-order chi connectivity index (χ1) is 11.6. The minimum Gasteiger partial charge on any atom is -0.508 e. The molecule has 0 heterocycles. The molecule has 0 saturated heterocycles. The van der Waals surface area contributed by atoms with Crippen LogP contribution in [0.25, 0.3) is 6.08 Å². The average Bonchev–Trinajstić information content (AvgIpc) is 2.62. The molecule has 1 aromatic carbocycles. The number of hydrogen-bond acceptors (Lipinski definition) is 1. The van der Waals surface area contributed by atoms with Crippen LogP contribution in [0.3, 0.4) is 0 Å². The van der Waals surface area contributed by atoms with Crippen LogP contribution in [0.1, 0.15) is 63.0 Å². The van der Waals surface area contributed by atoms with Gasteiger partial charge in [0.15, 0.2) is 0 Å². The number of benzene rings is 1. The fraction of sp³-hybridized carbons (Fsp3) is 0.524. The van der Waals surface area contributed by atoms with Gasteiger partial charge >= 0.3 is 0 Å². The molecular formula is C21H26F2O. The number of fused-ring (bicyclic) bond motifs is 5. The first-order valence-electron chi connectivity index (χ1n) is 9.17. The van der Waals surface area contributed by atoms with Gasteiger partial charge in [0.05, 0.1) is 0 Å². The molecule has 0 radical (unpaired) electrons. The molecule has 4 unspecified atom stereocenters. The molecule has 0 bridgehead atoms. The molecule has 3 heteroatoms. The molecule has 130 valence electrons. The van der Waals surface area contributed by atoms with Gasteiger partial charge in [0.25, 0.3) is 6.08 Å². The summed E-state index contributed by atoms with van der Waals surface area (Å²) < 4.78 is 25.8. The van der Waals surface area contributed by atoms with Gasteiger partial charge in [0, 0.05) is 0 Å². The molecule has 4 atom stereocenters. The van der Waals surface area contributed by atoms with Crippen molar-refractivity contribution in [1.82, 2.24) is 0 Å². The van der Waals surface area contributed by atoms with Gasteiger partial charge in [-0.3, -0.25) is 0 Å². The number of phenolic OH excluding ortho intramolecular Hbond substituents is 1. The topological polar surface area (TPSA) is 20.2 Å². The summed E-state index contributed by atoms with van der Waals surface area (Å²) in [6.45, 7) is 4.00. The normalized spacial score (nSPS) is 30.4. The van der Waals surface area contributed by atoms with Gasteiger partial charge in [-0.15, -0.1) is 0 Å². The first-order valence-corrected chi connectivity index (χ1v) is 9.17. The molecular weight excluding hydrogens is 306 g/mol. The standard InChI is InChI=1S/C19H20F2O.C2H6/c20-19(21)13-3-5-15-11(9-13)1-6-18-16-8-4-14(22)10-12(16)2-7-17(15)18;1-2/h2,4,7-8,10-11,15,17-18,22H,1,3,5-6,9H2;1-2H3. The lowest BCUT2D eigenvalue weighted by atomic mass is 9.58. The van der Waals surface area contributed by atoms with Crippen LogP contribution in [0.4, 0.5) is 8.78 Å². The van der Waals surface area contributed by atoms with Crippen molar-refractivity contribution in [3.63, 3.8) is 0 Å². The molecule has 4 rings (SSSR count). The highest BCUT2D eigenvalue weighted by Crippen LogP contribution is 2.54. The Labute approximate surface area is 143 Å². The maximum absolute atomic E-state index is 12.9. The highest BCUT2D eigenvalue weighted by Gasteiger charge is 2.42. The van der Waals surface area contributed by atoms with Crippen LogP contribution in [0.5, 0.6) is 5.75 Å². The number of hydrogen-bond donors (Lipinski definition) is 1. The second-order valence-corrected chi connectivity index (χ2v) is 6.96.